The Labute approximate surface area is 361 Å². The first-order chi connectivity index (χ1) is 29.4. The molecule has 0 aliphatic rings. The zero-order chi connectivity index (χ0) is 47.5. The van der Waals surface area contributed by atoms with Crippen LogP contribution in [-0.2, 0) is 60.7 Å². The third kappa shape index (κ3) is 9.81. The summed E-state index contributed by atoms with van der Waals surface area (Å²) in [6.07, 6.45) is 1.95. The zero-order valence-corrected chi connectivity index (χ0v) is 36.1. The molecule has 6 rings (SSSR count). The molecule has 24 nitrogen and oxygen atoms in total. The smallest absolute Gasteiger partial charge is 0.295 e. The lowest BCUT2D eigenvalue weighted by atomic mass is 10.1. The number of azo groups is 2. The van der Waals surface area contributed by atoms with Crippen molar-refractivity contribution < 1.29 is 77.8 Å². The van der Waals surface area contributed by atoms with Crippen molar-refractivity contribution in [3.05, 3.63) is 96.1 Å². The Morgan fingerprint density at radius 2 is 0.688 bits per heavy atom. The topological polar surface area (TPSA) is 428 Å². The van der Waals surface area contributed by atoms with Crippen LogP contribution >= 0.6 is 0 Å². The van der Waals surface area contributed by atoms with Gasteiger partial charge in [0.2, 0.25) is 0 Å². The number of nitrogens with zero attached hydrogens (tertiary/aromatic N) is 4. The van der Waals surface area contributed by atoms with Crippen molar-refractivity contribution in [2.45, 2.75) is 29.4 Å². The fourth-order valence-electron chi connectivity index (χ4n) is 6.16. The molecule has 0 aliphatic heterocycles. The Hall–Kier alpha value is -6.16. The number of nitrogens with two attached hydrogens (primary N) is 2. The van der Waals surface area contributed by atoms with Gasteiger partial charge in [-0.3, -0.25) is 27.3 Å². The van der Waals surface area contributed by atoms with E-state index in [4.69, 9.17) is 11.5 Å². The Kier molecular flexibility index (Phi) is 12.2. The number of benzene rings is 6. The maximum atomic E-state index is 12.5. The van der Waals surface area contributed by atoms with Crippen molar-refractivity contribution in [1.82, 2.24) is 0 Å². The molecule has 64 heavy (non-hydrogen) atoms. The van der Waals surface area contributed by atoms with Gasteiger partial charge < -0.3 is 11.5 Å². The summed E-state index contributed by atoms with van der Waals surface area (Å²) >= 11 is 0. The second-order valence-corrected chi connectivity index (χ2v) is 21.3. The van der Waals surface area contributed by atoms with Gasteiger partial charge in [0.05, 0.1) is 22.7 Å². The number of fused-ring (bicyclic) bond motifs is 2. The van der Waals surface area contributed by atoms with Crippen LogP contribution in [-0.4, -0.2) is 77.8 Å². The number of hydrogen-bond acceptors (Lipinski definition) is 18. The zero-order valence-electron chi connectivity index (χ0n) is 31.2. The van der Waals surface area contributed by atoms with E-state index < -0.39 is 134 Å². The van der Waals surface area contributed by atoms with Gasteiger partial charge in [0.1, 0.15) is 40.7 Å². The van der Waals surface area contributed by atoms with E-state index in [1.54, 1.807) is 0 Å². The molecule has 0 heterocycles. The Morgan fingerprint density at radius 3 is 0.984 bits per heavy atom. The standard InChI is InChI=1S/C34H26N6O18S6/c35-33-23(15-29(63(53,54)55)21-3-1-5-25(31(21)33)59(41,42)43)39-37-19-11-9-17(27(13-19)61(47,48)49)7-8-18-10-12-20(14-28(18)62(50,51)52)38-40-24-16-30(64(56,57)58)22-4-2-6-26(60(44,45)46)32(22)34(24)36/h1-16H,35-36H2,(H,41,42,43)(H,44,45,46)(H,47,48,49)(H,50,51,52)(H,53,54,55)(H,56,57,58). The molecule has 0 saturated heterocycles. The lowest BCUT2D eigenvalue weighted by Gasteiger charge is -2.12. The van der Waals surface area contributed by atoms with E-state index >= 15 is 0 Å². The second-order valence-electron chi connectivity index (χ2n) is 13.0. The molecule has 30 heteroatoms. The van der Waals surface area contributed by atoms with Gasteiger partial charge in [-0.15, -0.1) is 10.2 Å². The van der Waals surface area contributed by atoms with Crippen LogP contribution in [0.1, 0.15) is 11.1 Å². The van der Waals surface area contributed by atoms with Crippen LogP contribution in [0.2, 0.25) is 0 Å². The van der Waals surface area contributed by atoms with Gasteiger partial charge in [-0.2, -0.15) is 60.7 Å². The third-order valence-corrected chi connectivity index (χ3v) is 14.3. The Morgan fingerprint density at radius 1 is 0.375 bits per heavy atom. The quantitative estimate of drug-likeness (QED) is 0.0318. The van der Waals surface area contributed by atoms with Gasteiger partial charge in [-0.1, -0.05) is 48.6 Å². The molecule has 0 amide bonds. The fraction of sp³-hybridized carbons (Fsp3) is 0. The minimum Gasteiger partial charge on any atom is -0.396 e. The molecular formula is C34H26N6O18S6. The SMILES string of the molecule is Nc1c(N=Nc2ccc(C=Cc3ccc(N=Nc4cc(S(=O)(=O)O)c5cccc(S(=O)(=O)O)c5c4N)cc3S(=O)(=O)O)c(S(=O)(=O)O)c2)cc(S(=O)(=O)O)c2cccc(S(=O)(=O)O)c12. The van der Waals surface area contributed by atoms with E-state index in [0.717, 1.165) is 84.9 Å². The van der Waals surface area contributed by atoms with Gasteiger partial charge in [0.25, 0.3) is 60.7 Å². The van der Waals surface area contributed by atoms with E-state index in [0.29, 0.717) is 12.1 Å². The van der Waals surface area contributed by atoms with Crippen molar-refractivity contribution in [3.8, 4) is 0 Å². The lowest BCUT2D eigenvalue weighted by Crippen LogP contribution is -2.05. The summed E-state index contributed by atoms with van der Waals surface area (Å²) in [6.45, 7) is 0. The van der Waals surface area contributed by atoms with Crippen LogP contribution < -0.4 is 11.5 Å². The second kappa shape index (κ2) is 16.4. The molecule has 336 valence electrons. The van der Waals surface area contributed by atoms with Gasteiger partial charge in [-0.05, 0) is 59.7 Å². The van der Waals surface area contributed by atoms with Crippen LogP contribution in [0, 0.1) is 0 Å². The van der Waals surface area contributed by atoms with Gasteiger partial charge in [0, 0.05) is 21.5 Å². The summed E-state index contributed by atoms with van der Waals surface area (Å²) in [7, 11) is -30.5. The van der Waals surface area contributed by atoms with E-state index in [1.807, 2.05) is 0 Å². The first-order valence-electron chi connectivity index (χ1n) is 16.7. The maximum Gasteiger partial charge on any atom is 0.295 e. The normalized spacial score (nSPS) is 13.5. The summed E-state index contributed by atoms with van der Waals surface area (Å²) in [5.41, 5.74) is 8.55. The van der Waals surface area contributed by atoms with Crippen LogP contribution in [0.3, 0.4) is 0 Å². The van der Waals surface area contributed by atoms with E-state index in [-0.39, 0.29) is 22.5 Å². The van der Waals surface area contributed by atoms with Crippen LogP contribution in [0.5, 0.6) is 0 Å². The Bertz CT molecular complexity index is 3550. The lowest BCUT2D eigenvalue weighted by molar-refractivity contribution is 0.480. The van der Waals surface area contributed by atoms with Gasteiger partial charge in [-0.25, -0.2) is 0 Å². The Balaban J connectivity index is 1.40. The molecule has 0 unspecified atom stereocenters. The maximum absolute atomic E-state index is 12.5. The number of hydrogen-bond donors (Lipinski definition) is 8. The molecule has 0 radical (unpaired) electrons. The molecule has 0 saturated carbocycles. The van der Waals surface area contributed by atoms with Gasteiger partial charge >= 0.3 is 0 Å². The summed E-state index contributed by atoms with van der Waals surface area (Å²) < 4.78 is 206. The average Bonchev–Trinajstić information content (AvgIpc) is 3.17. The predicted octanol–water partition coefficient (Wildman–Crippen LogP) is 5.64. The largest absolute Gasteiger partial charge is 0.396 e. The summed E-state index contributed by atoms with van der Waals surface area (Å²) in [4.78, 5) is -5.23. The monoisotopic (exact) mass is 998 g/mol. The average molecular weight is 999 g/mol. The van der Waals surface area contributed by atoms with Crippen LogP contribution in [0.15, 0.2) is 135 Å². The highest BCUT2D eigenvalue weighted by molar-refractivity contribution is 7.87. The molecule has 0 atom stereocenters. The van der Waals surface area contributed by atoms with Crippen molar-refractivity contribution in [2.24, 2.45) is 20.5 Å². The van der Waals surface area contributed by atoms with E-state index in [1.165, 1.54) is 0 Å². The molecule has 10 N–H and O–H groups in total. The molecule has 0 spiro atoms. The highest BCUT2D eigenvalue weighted by Gasteiger charge is 2.26. The summed E-state index contributed by atoms with van der Waals surface area (Å²) in [5.74, 6) is 0. The fourth-order valence-corrected chi connectivity index (χ4v) is 10.4. The van der Waals surface area contributed by atoms with E-state index in [2.05, 4.69) is 20.5 Å². The van der Waals surface area contributed by atoms with Crippen molar-refractivity contribution in [3.63, 3.8) is 0 Å². The number of rotatable bonds is 12. The molecule has 0 aliphatic carbocycles. The van der Waals surface area contributed by atoms with E-state index in [9.17, 15) is 77.8 Å². The molecule has 6 aromatic rings. The van der Waals surface area contributed by atoms with Crippen LogP contribution in [0.25, 0.3) is 33.7 Å². The van der Waals surface area contributed by atoms with Crippen molar-refractivity contribution >= 4 is 129 Å². The third-order valence-electron chi connectivity index (χ3n) is 8.86. The predicted molar refractivity (Wildman–Crippen MR) is 226 cm³/mol. The van der Waals surface area contributed by atoms with Crippen molar-refractivity contribution in [2.75, 3.05) is 11.5 Å². The minimum atomic E-state index is -5.14. The molecular weight excluding hydrogens is 973 g/mol. The number of anilines is 2. The molecule has 0 bridgehead atoms. The van der Waals surface area contributed by atoms with Crippen LogP contribution in [0.4, 0.5) is 34.1 Å². The molecule has 0 fully saturated rings. The molecule has 0 aromatic heterocycles. The highest BCUT2D eigenvalue weighted by Crippen LogP contribution is 2.42. The first-order valence-corrected chi connectivity index (χ1v) is 25.4. The molecule has 6 aromatic carbocycles. The number of nitrogen functional groups attached to an aromatic ring is 2. The highest BCUT2D eigenvalue weighted by atomic mass is 32.2. The minimum absolute atomic E-state index is 0.325. The first kappa shape index (κ1) is 47.3. The summed E-state index contributed by atoms with van der Waals surface area (Å²) in [5, 5.41) is 13.1. The van der Waals surface area contributed by atoms with Gasteiger partial charge in [0.15, 0.2) is 0 Å². The summed E-state index contributed by atoms with van der Waals surface area (Å²) in [6, 6.07) is 13.3. The van der Waals surface area contributed by atoms with Crippen molar-refractivity contribution in [1.29, 1.82) is 0 Å².